The number of nitrogens with zero attached hydrogens (tertiary/aromatic N) is 1. The fourth-order valence-electron chi connectivity index (χ4n) is 2.57. The van der Waals surface area contributed by atoms with E-state index in [9.17, 15) is 17.2 Å². The molecule has 0 bridgehead atoms. The number of hydrogen-bond acceptors (Lipinski definition) is 4. The largest absolute Gasteiger partial charge is 0.359 e. The maximum Gasteiger partial charge on any atom is 0.175 e. The van der Waals surface area contributed by atoms with Crippen molar-refractivity contribution in [2.45, 2.75) is 10.9 Å². The lowest BCUT2D eigenvalue weighted by molar-refractivity contribution is 0.506. The number of benzene rings is 2. The molecular weight excluding hydrogens is 358 g/mol. The van der Waals surface area contributed by atoms with Crippen molar-refractivity contribution < 1.29 is 17.2 Å². The molecule has 26 heavy (non-hydrogen) atoms. The van der Waals surface area contributed by atoms with E-state index in [-0.39, 0.29) is 4.90 Å². The molecule has 0 saturated heterocycles. The van der Waals surface area contributed by atoms with E-state index in [1.807, 2.05) is 0 Å². The SMILES string of the molecule is CS(=O)(=O)c1cccc(C(Nc2ccccn2)c2ccc(F)c(F)c2)c1. The van der Waals surface area contributed by atoms with Crippen molar-refractivity contribution in [1.29, 1.82) is 0 Å². The van der Waals surface area contributed by atoms with Gasteiger partial charge < -0.3 is 5.32 Å². The first kappa shape index (κ1) is 18.0. The molecule has 1 atom stereocenters. The Labute approximate surface area is 150 Å². The summed E-state index contributed by atoms with van der Waals surface area (Å²) in [7, 11) is -3.41. The lowest BCUT2D eigenvalue weighted by Gasteiger charge is -2.21. The van der Waals surface area contributed by atoms with Crippen LogP contribution in [0.15, 0.2) is 71.8 Å². The molecule has 3 rings (SSSR count). The van der Waals surface area contributed by atoms with Crippen molar-refractivity contribution >= 4 is 15.7 Å². The number of anilines is 1. The fourth-order valence-corrected chi connectivity index (χ4v) is 3.25. The van der Waals surface area contributed by atoms with Crippen LogP contribution < -0.4 is 5.32 Å². The maximum absolute atomic E-state index is 13.7. The number of pyridine rings is 1. The molecule has 3 aromatic rings. The number of rotatable bonds is 5. The highest BCUT2D eigenvalue weighted by Crippen LogP contribution is 2.28. The summed E-state index contributed by atoms with van der Waals surface area (Å²) in [6, 6.07) is 14.6. The Bertz CT molecular complexity index is 1020. The Kier molecular flexibility index (Phi) is 4.99. The van der Waals surface area contributed by atoms with Crippen LogP contribution in [0.2, 0.25) is 0 Å². The third kappa shape index (κ3) is 4.05. The molecule has 1 aromatic heterocycles. The molecule has 0 aliphatic carbocycles. The summed E-state index contributed by atoms with van der Waals surface area (Å²) in [5.41, 5.74) is 1.03. The predicted molar refractivity (Wildman–Crippen MR) is 95.6 cm³/mol. The van der Waals surface area contributed by atoms with Gasteiger partial charge in [-0.1, -0.05) is 24.3 Å². The fraction of sp³-hybridized carbons (Fsp3) is 0.105. The average molecular weight is 374 g/mol. The molecule has 7 heteroatoms. The Balaban J connectivity index is 2.10. The third-order valence-electron chi connectivity index (χ3n) is 3.85. The van der Waals surface area contributed by atoms with Crippen molar-refractivity contribution in [1.82, 2.24) is 4.98 Å². The molecular formula is C19H16F2N2O2S. The van der Waals surface area contributed by atoms with Crippen LogP contribution >= 0.6 is 0 Å². The van der Waals surface area contributed by atoms with Crippen LogP contribution in [0.4, 0.5) is 14.6 Å². The molecule has 0 aliphatic rings. The number of halogens is 2. The zero-order valence-electron chi connectivity index (χ0n) is 13.9. The summed E-state index contributed by atoms with van der Waals surface area (Å²) in [4.78, 5) is 4.33. The van der Waals surface area contributed by atoms with Gasteiger partial charge in [-0.3, -0.25) is 0 Å². The minimum absolute atomic E-state index is 0.144. The number of sulfone groups is 1. The van der Waals surface area contributed by atoms with Gasteiger partial charge >= 0.3 is 0 Å². The van der Waals surface area contributed by atoms with E-state index in [4.69, 9.17) is 0 Å². The summed E-state index contributed by atoms with van der Waals surface area (Å²) in [5, 5.41) is 3.14. The summed E-state index contributed by atoms with van der Waals surface area (Å²) < 4.78 is 50.8. The molecule has 0 amide bonds. The molecule has 0 aliphatic heterocycles. The zero-order valence-corrected chi connectivity index (χ0v) is 14.7. The van der Waals surface area contributed by atoms with Gasteiger partial charge in [-0.25, -0.2) is 22.2 Å². The van der Waals surface area contributed by atoms with Gasteiger partial charge in [-0.05, 0) is 47.5 Å². The van der Waals surface area contributed by atoms with Crippen LogP contribution in [-0.2, 0) is 9.84 Å². The summed E-state index contributed by atoms with van der Waals surface area (Å²) in [5.74, 6) is -1.41. The van der Waals surface area contributed by atoms with Crippen molar-refractivity contribution in [3.63, 3.8) is 0 Å². The van der Waals surface area contributed by atoms with E-state index in [1.165, 1.54) is 18.2 Å². The minimum atomic E-state index is -3.41. The van der Waals surface area contributed by atoms with Gasteiger partial charge in [0, 0.05) is 12.5 Å². The number of nitrogens with one attached hydrogen (secondary N) is 1. The van der Waals surface area contributed by atoms with Gasteiger partial charge in [0.15, 0.2) is 21.5 Å². The smallest absolute Gasteiger partial charge is 0.175 e. The highest BCUT2D eigenvalue weighted by atomic mass is 32.2. The molecule has 1 heterocycles. The van der Waals surface area contributed by atoms with E-state index < -0.39 is 27.5 Å². The molecule has 4 nitrogen and oxygen atoms in total. The quantitative estimate of drug-likeness (QED) is 0.734. The molecule has 1 N–H and O–H groups in total. The lowest BCUT2D eigenvalue weighted by atomic mass is 9.98. The van der Waals surface area contributed by atoms with E-state index in [0.717, 1.165) is 18.4 Å². The first-order chi connectivity index (χ1) is 12.3. The highest BCUT2D eigenvalue weighted by Gasteiger charge is 2.18. The van der Waals surface area contributed by atoms with Crippen molar-refractivity contribution in [2.24, 2.45) is 0 Å². The molecule has 134 valence electrons. The Morgan fingerprint density at radius 1 is 0.923 bits per heavy atom. The van der Waals surface area contributed by atoms with E-state index in [2.05, 4.69) is 10.3 Å². The van der Waals surface area contributed by atoms with Gasteiger partial charge in [-0.2, -0.15) is 0 Å². The van der Waals surface area contributed by atoms with Gasteiger partial charge in [0.05, 0.1) is 10.9 Å². The standard InChI is InChI=1S/C19H16F2N2O2S/c1-26(24,25)15-6-4-5-13(11-15)19(23-18-7-2-3-10-22-18)14-8-9-16(20)17(21)12-14/h2-12,19H,1H3,(H,22,23). The second kappa shape index (κ2) is 7.21. The normalized spacial score (nSPS) is 12.6. The van der Waals surface area contributed by atoms with E-state index >= 15 is 0 Å². The second-order valence-electron chi connectivity index (χ2n) is 5.81. The van der Waals surface area contributed by atoms with Crippen LogP contribution in [-0.4, -0.2) is 19.7 Å². The average Bonchev–Trinajstić information content (AvgIpc) is 2.62. The summed E-state index contributed by atoms with van der Waals surface area (Å²) in [6.45, 7) is 0. The topological polar surface area (TPSA) is 59.1 Å². The molecule has 0 fully saturated rings. The van der Waals surface area contributed by atoms with Crippen molar-refractivity contribution in [3.8, 4) is 0 Å². The van der Waals surface area contributed by atoms with E-state index in [0.29, 0.717) is 16.9 Å². The maximum atomic E-state index is 13.7. The van der Waals surface area contributed by atoms with Crippen LogP contribution in [0.3, 0.4) is 0 Å². The van der Waals surface area contributed by atoms with Gasteiger partial charge in [0.25, 0.3) is 0 Å². The molecule has 1 unspecified atom stereocenters. The first-order valence-electron chi connectivity index (χ1n) is 7.77. The lowest BCUT2D eigenvalue weighted by Crippen LogP contribution is -2.14. The number of hydrogen-bond donors (Lipinski definition) is 1. The molecule has 0 saturated carbocycles. The third-order valence-corrected chi connectivity index (χ3v) is 4.96. The second-order valence-corrected chi connectivity index (χ2v) is 7.83. The Morgan fingerprint density at radius 2 is 1.69 bits per heavy atom. The monoisotopic (exact) mass is 374 g/mol. The van der Waals surface area contributed by atoms with Gasteiger partial charge in [-0.15, -0.1) is 0 Å². The van der Waals surface area contributed by atoms with Crippen molar-refractivity contribution in [2.75, 3.05) is 11.6 Å². The molecule has 0 radical (unpaired) electrons. The van der Waals surface area contributed by atoms with Crippen LogP contribution in [0, 0.1) is 11.6 Å². The summed E-state index contributed by atoms with van der Waals surface area (Å²) >= 11 is 0. The Morgan fingerprint density at radius 3 is 2.35 bits per heavy atom. The van der Waals surface area contributed by atoms with Gasteiger partial charge in [0.1, 0.15) is 5.82 Å². The summed E-state index contributed by atoms with van der Waals surface area (Å²) in [6.07, 6.45) is 2.71. The molecule has 2 aromatic carbocycles. The van der Waals surface area contributed by atoms with Crippen LogP contribution in [0.5, 0.6) is 0 Å². The van der Waals surface area contributed by atoms with Crippen LogP contribution in [0.1, 0.15) is 17.2 Å². The van der Waals surface area contributed by atoms with Crippen LogP contribution in [0.25, 0.3) is 0 Å². The highest BCUT2D eigenvalue weighted by molar-refractivity contribution is 7.90. The Hall–Kier alpha value is -2.80. The van der Waals surface area contributed by atoms with E-state index in [1.54, 1.807) is 36.5 Å². The van der Waals surface area contributed by atoms with Crippen molar-refractivity contribution in [3.05, 3.63) is 89.6 Å². The molecule has 0 spiro atoms. The minimum Gasteiger partial charge on any atom is -0.359 e. The first-order valence-corrected chi connectivity index (χ1v) is 9.66. The number of aromatic nitrogens is 1. The van der Waals surface area contributed by atoms with Gasteiger partial charge in [0.2, 0.25) is 0 Å². The zero-order chi connectivity index (χ0) is 18.7. The predicted octanol–water partition coefficient (Wildman–Crippen LogP) is 3.96.